The molecule has 3 N–H and O–H groups in total. The van der Waals surface area contributed by atoms with Crippen LogP contribution >= 0.6 is 0 Å². The van der Waals surface area contributed by atoms with Crippen LogP contribution in [0.3, 0.4) is 0 Å². The SMILES string of the molecule is COCc1ccccc1NC(N)=NCCOc1ccc(C(F)(F)F)cc1. The molecular weight excluding hydrogens is 347 g/mol. The van der Waals surface area contributed by atoms with Gasteiger partial charge in [-0.25, -0.2) is 4.99 Å². The maximum Gasteiger partial charge on any atom is 0.416 e. The predicted octanol–water partition coefficient (Wildman–Crippen LogP) is 3.66. The second-order valence-electron chi connectivity index (χ2n) is 5.35. The fourth-order valence-corrected chi connectivity index (χ4v) is 2.17. The first-order chi connectivity index (χ1) is 12.4. The molecule has 0 aliphatic rings. The minimum Gasteiger partial charge on any atom is -0.492 e. The highest BCUT2D eigenvalue weighted by Gasteiger charge is 2.29. The number of methoxy groups -OCH3 is 1. The van der Waals surface area contributed by atoms with E-state index < -0.39 is 11.7 Å². The molecule has 8 heteroatoms. The van der Waals surface area contributed by atoms with Crippen LogP contribution < -0.4 is 15.8 Å². The van der Waals surface area contributed by atoms with E-state index in [0.717, 1.165) is 23.4 Å². The molecule has 0 saturated heterocycles. The van der Waals surface area contributed by atoms with Crippen molar-refractivity contribution in [1.82, 2.24) is 0 Å². The zero-order valence-corrected chi connectivity index (χ0v) is 14.2. The van der Waals surface area contributed by atoms with E-state index in [-0.39, 0.29) is 19.1 Å². The summed E-state index contributed by atoms with van der Waals surface area (Å²) in [4.78, 5) is 4.13. The molecule has 0 unspecified atom stereocenters. The van der Waals surface area contributed by atoms with Gasteiger partial charge in [-0.05, 0) is 30.3 Å². The van der Waals surface area contributed by atoms with Crippen molar-refractivity contribution in [3.8, 4) is 5.75 Å². The Morgan fingerprint density at radius 2 is 1.81 bits per heavy atom. The molecule has 0 spiro atoms. The lowest BCUT2D eigenvalue weighted by molar-refractivity contribution is -0.137. The molecule has 0 bridgehead atoms. The Balaban J connectivity index is 1.83. The zero-order valence-electron chi connectivity index (χ0n) is 14.2. The summed E-state index contributed by atoms with van der Waals surface area (Å²) in [6, 6.07) is 12.0. The first kappa shape index (κ1) is 19.6. The second kappa shape index (κ2) is 9.10. The van der Waals surface area contributed by atoms with Gasteiger partial charge in [0.15, 0.2) is 5.96 Å². The van der Waals surface area contributed by atoms with Crippen molar-refractivity contribution in [2.45, 2.75) is 12.8 Å². The quantitative estimate of drug-likeness (QED) is 0.445. The van der Waals surface area contributed by atoms with E-state index in [4.69, 9.17) is 15.2 Å². The van der Waals surface area contributed by atoms with Crippen LogP contribution in [0.1, 0.15) is 11.1 Å². The Bertz CT molecular complexity index is 731. The minimum absolute atomic E-state index is 0.188. The summed E-state index contributed by atoms with van der Waals surface area (Å²) in [5.74, 6) is 0.551. The van der Waals surface area contributed by atoms with E-state index in [2.05, 4.69) is 10.3 Å². The summed E-state index contributed by atoms with van der Waals surface area (Å²) in [6.45, 7) is 0.882. The number of rotatable bonds is 7. The van der Waals surface area contributed by atoms with E-state index >= 15 is 0 Å². The van der Waals surface area contributed by atoms with Crippen molar-refractivity contribution in [1.29, 1.82) is 0 Å². The minimum atomic E-state index is -4.36. The summed E-state index contributed by atoms with van der Waals surface area (Å²) in [5, 5.41) is 2.99. The normalized spacial score (nSPS) is 12.1. The number of aliphatic imine (C=N–C) groups is 1. The van der Waals surface area contributed by atoms with Crippen LogP contribution in [0.15, 0.2) is 53.5 Å². The van der Waals surface area contributed by atoms with Gasteiger partial charge < -0.3 is 20.5 Å². The van der Waals surface area contributed by atoms with Gasteiger partial charge in [-0.2, -0.15) is 13.2 Å². The van der Waals surface area contributed by atoms with Gasteiger partial charge in [0, 0.05) is 18.4 Å². The van der Waals surface area contributed by atoms with E-state index in [1.54, 1.807) is 7.11 Å². The molecule has 0 amide bonds. The van der Waals surface area contributed by atoms with Gasteiger partial charge in [-0.15, -0.1) is 0 Å². The molecule has 0 saturated carbocycles. The highest BCUT2D eigenvalue weighted by atomic mass is 19.4. The van der Waals surface area contributed by atoms with Gasteiger partial charge in [0.05, 0.1) is 18.7 Å². The Morgan fingerprint density at radius 1 is 1.12 bits per heavy atom. The predicted molar refractivity (Wildman–Crippen MR) is 94.2 cm³/mol. The van der Waals surface area contributed by atoms with Crippen LogP contribution in [-0.2, 0) is 17.5 Å². The average molecular weight is 367 g/mol. The van der Waals surface area contributed by atoms with Crippen LogP contribution in [0, 0.1) is 0 Å². The molecule has 2 aromatic rings. The van der Waals surface area contributed by atoms with E-state index in [1.165, 1.54) is 12.1 Å². The second-order valence-corrected chi connectivity index (χ2v) is 5.35. The molecular formula is C18H20F3N3O2. The molecule has 0 heterocycles. The molecule has 0 atom stereocenters. The number of hydrogen-bond donors (Lipinski definition) is 2. The van der Waals surface area contributed by atoms with Gasteiger partial charge in [0.1, 0.15) is 12.4 Å². The van der Waals surface area contributed by atoms with Gasteiger partial charge in [-0.3, -0.25) is 0 Å². The van der Waals surface area contributed by atoms with Crippen LogP contribution in [0.25, 0.3) is 0 Å². The summed E-state index contributed by atoms with van der Waals surface area (Å²) in [6.07, 6.45) is -4.36. The lowest BCUT2D eigenvalue weighted by Crippen LogP contribution is -2.24. The van der Waals surface area contributed by atoms with Crippen LogP contribution in [-0.4, -0.2) is 26.2 Å². The van der Waals surface area contributed by atoms with Gasteiger partial charge in [0.2, 0.25) is 0 Å². The fraction of sp³-hybridized carbons (Fsp3) is 0.278. The standard InChI is InChI=1S/C18H20F3N3O2/c1-25-12-13-4-2-3-5-16(13)24-17(22)23-10-11-26-15-8-6-14(7-9-15)18(19,20)21/h2-9H,10-12H2,1H3,(H3,22,23,24). The summed E-state index contributed by atoms with van der Waals surface area (Å²) >= 11 is 0. The monoisotopic (exact) mass is 367 g/mol. The number of guanidine groups is 1. The summed E-state index contributed by atoms with van der Waals surface area (Å²) < 4.78 is 47.9. The molecule has 26 heavy (non-hydrogen) atoms. The Hall–Kier alpha value is -2.74. The molecule has 2 aromatic carbocycles. The lowest BCUT2D eigenvalue weighted by atomic mass is 10.2. The van der Waals surface area contributed by atoms with Crippen LogP contribution in [0.4, 0.5) is 18.9 Å². The lowest BCUT2D eigenvalue weighted by Gasteiger charge is -2.11. The number of hydrogen-bond acceptors (Lipinski definition) is 3. The summed E-state index contributed by atoms with van der Waals surface area (Å²) in [5.41, 5.74) is 6.85. The van der Waals surface area contributed by atoms with Crippen LogP contribution in [0.5, 0.6) is 5.75 Å². The first-order valence-electron chi connectivity index (χ1n) is 7.84. The topological polar surface area (TPSA) is 68.9 Å². The van der Waals surface area contributed by atoms with Gasteiger partial charge in [-0.1, -0.05) is 18.2 Å². The maximum absolute atomic E-state index is 12.5. The highest BCUT2D eigenvalue weighted by Crippen LogP contribution is 2.30. The largest absolute Gasteiger partial charge is 0.492 e. The van der Waals surface area contributed by atoms with Crippen molar-refractivity contribution in [3.63, 3.8) is 0 Å². The molecule has 0 aliphatic heterocycles. The number of para-hydroxylation sites is 1. The van der Waals surface area contributed by atoms with E-state index in [1.807, 2.05) is 24.3 Å². The highest BCUT2D eigenvalue weighted by molar-refractivity contribution is 5.92. The summed E-state index contributed by atoms with van der Waals surface area (Å²) in [7, 11) is 1.60. The molecule has 0 radical (unpaired) electrons. The molecule has 0 fully saturated rings. The molecule has 140 valence electrons. The fourth-order valence-electron chi connectivity index (χ4n) is 2.17. The Morgan fingerprint density at radius 3 is 2.46 bits per heavy atom. The average Bonchev–Trinajstić information content (AvgIpc) is 2.60. The van der Waals surface area contributed by atoms with Gasteiger partial charge in [0.25, 0.3) is 0 Å². The van der Waals surface area contributed by atoms with Crippen molar-refractivity contribution in [2.24, 2.45) is 10.7 Å². The zero-order chi connectivity index (χ0) is 19.0. The third-order valence-corrected chi connectivity index (χ3v) is 3.40. The number of alkyl halides is 3. The van der Waals surface area contributed by atoms with E-state index in [0.29, 0.717) is 12.4 Å². The smallest absolute Gasteiger partial charge is 0.416 e. The Kier molecular flexibility index (Phi) is 6.85. The van der Waals surface area contributed by atoms with Crippen molar-refractivity contribution in [2.75, 3.05) is 25.6 Å². The van der Waals surface area contributed by atoms with Crippen LogP contribution in [0.2, 0.25) is 0 Å². The molecule has 0 aromatic heterocycles. The molecule has 2 rings (SSSR count). The number of nitrogens with zero attached hydrogens (tertiary/aromatic N) is 1. The number of nitrogens with one attached hydrogen (secondary N) is 1. The van der Waals surface area contributed by atoms with Crippen molar-refractivity contribution < 1.29 is 22.6 Å². The number of nitrogens with two attached hydrogens (primary N) is 1. The first-order valence-corrected chi connectivity index (χ1v) is 7.84. The number of anilines is 1. The number of ether oxygens (including phenoxy) is 2. The van der Waals surface area contributed by atoms with Gasteiger partial charge >= 0.3 is 6.18 Å². The van der Waals surface area contributed by atoms with Crippen molar-refractivity contribution in [3.05, 3.63) is 59.7 Å². The number of halogens is 3. The molecule has 5 nitrogen and oxygen atoms in total. The van der Waals surface area contributed by atoms with E-state index in [9.17, 15) is 13.2 Å². The van der Waals surface area contributed by atoms with Crippen molar-refractivity contribution >= 4 is 11.6 Å². The Labute approximate surface area is 149 Å². The number of benzene rings is 2. The third-order valence-electron chi connectivity index (χ3n) is 3.40. The third kappa shape index (κ3) is 5.96. The molecule has 0 aliphatic carbocycles. The maximum atomic E-state index is 12.5.